The van der Waals surface area contributed by atoms with Crippen LogP contribution in [0.25, 0.3) is 5.57 Å². The molecule has 2 aromatic carbocycles. The zero-order valence-electron chi connectivity index (χ0n) is 24.4. The van der Waals surface area contributed by atoms with Gasteiger partial charge < -0.3 is 0 Å². The molecule has 0 saturated carbocycles. The molecular weight excluding hydrogens is 482 g/mol. The Morgan fingerprint density at radius 3 is 2.33 bits per heavy atom. The lowest BCUT2D eigenvalue weighted by Gasteiger charge is -2.34. The van der Waals surface area contributed by atoms with Crippen molar-refractivity contribution in [2.45, 2.75) is 58.3 Å². The molecule has 1 nitrogen and oxygen atoms in total. The molecule has 1 heterocycles. The second kappa shape index (κ2) is 15.0. The van der Waals surface area contributed by atoms with Crippen molar-refractivity contribution >= 4 is 11.8 Å². The Bertz CT molecular complexity index is 1380. The van der Waals surface area contributed by atoms with Crippen molar-refractivity contribution in [3.05, 3.63) is 162 Å². The van der Waals surface area contributed by atoms with Crippen LogP contribution in [-0.2, 0) is 0 Å². The third-order valence-electron chi connectivity index (χ3n) is 7.90. The lowest BCUT2D eigenvalue weighted by Crippen LogP contribution is -2.21. The van der Waals surface area contributed by atoms with Crippen molar-refractivity contribution in [3.63, 3.8) is 0 Å². The SMILES string of the molecule is C/C=C\C(=C/C)c1ccc(C2/C=C\C=C/C[C@H](C)c3ccccc3C2C2\C=C/C=C/C=C(C)/N=C\C=C/C2)cc1. The van der Waals surface area contributed by atoms with Crippen LogP contribution in [0.15, 0.2) is 144 Å². The second-order valence-electron chi connectivity index (χ2n) is 10.7. The van der Waals surface area contributed by atoms with E-state index in [0.29, 0.717) is 11.8 Å². The Labute approximate surface area is 242 Å². The minimum absolute atomic E-state index is 0.219. The smallest absolute Gasteiger partial charge is 0.0372 e. The van der Waals surface area contributed by atoms with E-state index in [0.717, 1.165) is 18.5 Å². The first-order valence-corrected chi connectivity index (χ1v) is 14.6. The summed E-state index contributed by atoms with van der Waals surface area (Å²) in [7, 11) is 0. The third-order valence-corrected chi connectivity index (χ3v) is 7.90. The first-order valence-electron chi connectivity index (χ1n) is 14.6. The highest BCUT2D eigenvalue weighted by atomic mass is 14.7. The van der Waals surface area contributed by atoms with Gasteiger partial charge in [0.15, 0.2) is 0 Å². The number of hydrogen-bond donors (Lipinski definition) is 0. The number of aliphatic imine (C=N–C) groups is 1. The molecule has 0 fully saturated rings. The van der Waals surface area contributed by atoms with Gasteiger partial charge in [0.05, 0.1) is 0 Å². The van der Waals surface area contributed by atoms with Gasteiger partial charge in [0.2, 0.25) is 0 Å². The van der Waals surface area contributed by atoms with Crippen molar-refractivity contribution in [3.8, 4) is 0 Å². The molecule has 0 amide bonds. The van der Waals surface area contributed by atoms with Gasteiger partial charge in [-0.25, -0.2) is 0 Å². The molecule has 2 aromatic rings. The van der Waals surface area contributed by atoms with Crippen molar-refractivity contribution in [1.29, 1.82) is 0 Å². The molecule has 4 rings (SSSR count). The van der Waals surface area contributed by atoms with Crippen molar-refractivity contribution in [1.82, 2.24) is 0 Å². The predicted octanol–water partition coefficient (Wildman–Crippen LogP) is 10.8. The molecule has 0 saturated heterocycles. The van der Waals surface area contributed by atoms with Gasteiger partial charge in [-0.3, -0.25) is 4.99 Å². The van der Waals surface area contributed by atoms with Gasteiger partial charge in [0.25, 0.3) is 0 Å². The van der Waals surface area contributed by atoms with Gasteiger partial charge in [0, 0.05) is 23.7 Å². The molecule has 1 aliphatic heterocycles. The van der Waals surface area contributed by atoms with Crippen molar-refractivity contribution < 1.29 is 0 Å². The molecule has 0 spiro atoms. The Hall–Kier alpha value is -3.97. The fourth-order valence-corrected chi connectivity index (χ4v) is 5.81. The summed E-state index contributed by atoms with van der Waals surface area (Å²) in [6.07, 6.45) is 34.9. The quantitative estimate of drug-likeness (QED) is 0.352. The zero-order valence-corrected chi connectivity index (χ0v) is 24.4. The molecule has 0 N–H and O–H groups in total. The molecule has 0 aromatic heterocycles. The van der Waals surface area contributed by atoms with E-state index in [2.05, 4.69) is 159 Å². The van der Waals surface area contributed by atoms with E-state index in [4.69, 9.17) is 0 Å². The summed E-state index contributed by atoms with van der Waals surface area (Å²) in [5.41, 5.74) is 7.75. The van der Waals surface area contributed by atoms with Crippen molar-refractivity contribution in [2.24, 2.45) is 10.9 Å². The first kappa shape index (κ1) is 29.0. The number of nitrogens with zero attached hydrogens (tertiary/aromatic N) is 1. The maximum absolute atomic E-state index is 4.54. The predicted molar refractivity (Wildman–Crippen MR) is 176 cm³/mol. The van der Waals surface area contributed by atoms with Gasteiger partial charge in [-0.15, -0.1) is 0 Å². The molecule has 0 radical (unpaired) electrons. The topological polar surface area (TPSA) is 12.4 Å². The van der Waals surface area contributed by atoms with E-state index in [1.165, 1.54) is 27.8 Å². The van der Waals surface area contributed by atoms with Crippen LogP contribution in [0.1, 0.15) is 80.5 Å². The minimum atomic E-state index is 0.219. The van der Waals surface area contributed by atoms with Crippen LogP contribution < -0.4 is 0 Å². The fraction of sp³-hybridized carbons (Fsp3) is 0.256. The molecule has 1 aliphatic carbocycles. The maximum Gasteiger partial charge on any atom is 0.0372 e. The average molecular weight is 526 g/mol. The Kier molecular flexibility index (Phi) is 10.9. The van der Waals surface area contributed by atoms with Crippen LogP contribution in [0.2, 0.25) is 0 Å². The van der Waals surface area contributed by atoms with Crippen LogP contribution >= 0.6 is 0 Å². The van der Waals surface area contributed by atoms with E-state index in [1.807, 2.05) is 13.1 Å². The molecule has 0 bridgehead atoms. The fourth-order valence-electron chi connectivity index (χ4n) is 5.81. The summed E-state index contributed by atoms with van der Waals surface area (Å²) in [5.74, 6) is 1.25. The van der Waals surface area contributed by atoms with Crippen LogP contribution in [0.5, 0.6) is 0 Å². The monoisotopic (exact) mass is 525 g/mol. The normalized spacial score (nSPS) is 30.0. The lowest BCUT2D eigenvalue weighted by molar-refractivity contribution is 0.466. The van der Waals surface area contributed by atoms with Gasteiger partial charge in [-0.1, -0.05) is 128 Å². The second-order valence-corrected chi connectivity index (χ2v) is 10.7. The van der Waals surface area contributed by atoms with Gasteiger partial charge in [-0.05, 0) is 85.4 Å². The Balaban J connectivity index is 1.87. The third kappa shape index (κ3) is 7.57. The molecule has 2 aliphatic rings. The summed E-state index contributed by atoms with van der Waals surface area (Å²) < 4.78 is 0. The summed E-state index contributed by atoms with van der Waals surface area (Å²) >= 11 is 0. The molecule has 204 valence electrons. The largest absolute Gasteiger partial charge is 0.262 e. The van der Waals surface area contributed by atoms with Gasteiger partial charge in [0.1, 0.15) is 0 Å². The molecule has 40 heavy (non-hydrogen) atoms. The van der Waals surface area contributed by atoms with Crippen LogP contribution in [0, 0.1) is 5.92 Å². The van der Waals surface area contributed by atoms with Gasteiger partial charge >= 0.3 is 0 Å². The highest BCUT2D eigenvalue weighted by Gasteiger charge is 2.31. The highest BCUT2D eigenvalue weighted by Crippen LogP contribution is 2.45. The average Bonchev–Trinajstić information content (AvgIpc) is 2.97. The van der Waals surface area contributed by atoms with E-state index in [-0.39, 0.29) is 11.8 Å². The van der Waals surface area contributed by atoms with E-state index >= 15 is 0 Å². The summed E-state index contributed by atoms with van der Waals surface area (Å²) in [5, 5.41) is 0. The summed E-state index contributed by atoms with van der Waals surface area (Å²) in [6.45, 7) is 8.57. The number of fused-ring (bicyclic) bond motifs is 1. The number of rotatable bonds is 4. The first-order chi connectivity index (χ1) is 19.6. The highest BCUT2D eigenvalue weighted by molar-refractivity contribution is 5.74. The summed E-state index contributed by atoms with van der Waals surface area (Å²) in [4.78, 5) is 4.54. The van der Waals surface area contributed by atoms with Crippen LogP contribution in [0.4, 0.5) is 0 Å². The molecular formula is C39H43N. The maximum atomic E-state index is 4.54. The number of hydrogen-bond acceptors (Lipinski definition) is 1. The minimum Gasteiger partial charge on any atom is -0.262 e. The van der Waals surface area contributed by atoms with E-state index in [1.54, 1.807) is 0 Å². The molecule has 3 unspecified atom stereocenters. The van der Waals surface area contributed by atoms with Crippen molar-refractivity contribution in [2.75, 3.05) is 0 Å². The Morgan fingerprint density at radius 1 is 0.800 bits per heavy atom. The van der Waals surface area contributed by atoms with Crippen LogP contribution in [-0.4, -0.2) is 6.21 Å². The van der Waals surface area contributed by atoms with E-state index in [9.17, 15) is 0 Å². The number of benzene rings is 2. The van der Waals surface area contributed by atoms with E-state index < -0.39 is 0 Å². The zero-order chi connectivity index (χ0) is 28.2. The Morgan fingerprint density at radius 2 is 1.55 bits per heavy atom. The standard InChI is InChI=1S/C39H43N/c1-5-17-32(6-2)33-25-27-34(28-26-33)37-23-12-7-9-18-30(3)36-22-13-14-24-38(36)39(37)35-20-11-8-10-19-31(4)40-29-16-15-21-35/h5-17,19-20,22-30,35,37,39H,18,21H2,1-4H3/b9-7-,10-8+,16-15-,17-5-,20-11-,23-12-,31-19+,32-6+,40-29-/t30-,35?,37?,39?/m0/s1. The van der Waals surface area contributed by atoms with Gasteiger partial charge in [-0.2, -0.15) is 0 Å². The van der Waals surface area contributed by atoms with Crippen LogP contribution in [0.3, 0.4) is 0 Å². The number of allylic oxidation sites excluding steroid dienone is 16. The lowest BCUT2D eigenvalue weighted by atomic mass is 9.69. The molecule has 1 heteroatoms. The summed E-state index contributed by atoms with van der Waals surface area (Å²) in [6, 6.07) is 18.4. The molecule has 4 atom stereocenters.